The third-order valence-corrected chi connectivity index (χ3v) is 8.99. The van der Waals surface area contributed by atoms with Crippen molar-refractivity contribution >= 4 is 31.9 Å². The summed E-state index contributed by atoms with van der Waals surface area (Å²) in [6.45, 7) is 1.27. The molecule has 2 aliphatic rings. The number of halogens is 1. The van der Waals surface area contributed by atoms with Gasteiger partial charge in [0, 0.05) is 24.4 Å². The van der Waals surface area contributed by atoms with Gasteiger partial charge in [-0.2, -0.15) is 4.31 Å². The van der Waals surface area contributed by atoms with Gasteiger partial charge in [0.1, 0.15) is 6.04 Å². The van der Waals surface area contributed by atoms with E-state index in [1.165, 1.54) is 19.2 Å². The van der Waals surface area contributed by atoms with Crippen LogP contribution in [-0.2, 0) is 24.3 Å². The van der Waals surface area contributed by atoms with Gasteiger partial charge in [0.05, 0.1) is 18.1 Å². The number of aliphatic carboxylic acids is 1. The zero-order valence-corrected chi connectivity index (χ0v) is 20.8. The smallest absolute Gasteiger partial charge is 0.322 e. The molecule has 0 aromatic heterocycles. The van der Waals surface area contributed by atoms with E-state index in [2.05, 4.69) is 15.9 Å². The van der Waals surface area contributed by atoms with Crippen LogP contribution in [0.4, 0.5) is 0 Å². The molecule has 33 heavy (non-hydrogen) atoms. The van der Waals surface area contributed by atoms with Crippen molar-refractivity contribution in [2.24, 2.45) is 5.92 Å². The lowest BCUT2D eigenvalue weighted by Gasteiger charge is -2.44. The second kappa shape index (κ2) is 9.84. The molecule has 1 unspecified atom stereocenters. The van der Waals surface area contributed by atoms with Crippen molar-refractivity contribution < 1.29 is 27.8 Å². The van der Waals surface area contributed by atoms with Gasteiger partial charge >= 0.3 is 5.97 Å². The van der Waals surface area contributed by atoms with E-state index in [9.17, 15) is 18.3 Å². The summed E-state index contributed by atoms with van der Waals surface area (Å²) in [4.78, 5) is 12.3. The maximum atomic E-state index is 13.3. The Balaban J connectivity index is 1.51. The molecule has 0 amide bonds. The topological polar surface area (TPSA) is 93.1 Å². The van der Waals surface area contributed by atoms with E-state index in [0.29, 0.717) is 38.9 Å². The number of carboxylic acids is 1. The molecule has 4 rings (SSSR count). The highest BCUT2D eigenvalue weighted by Crippen LogP contribution is 2.40. The Morgan fingerprint density at radius 1 is 1.03 bits per heavy atom. The lowest BCUT2D eigenvalue weighted by Crippen LogP contribution is -2.51. The molecule has 9 heteroatoms. The molecule has 1 atom stereocenters. The first-order chi connectivity index (χ1) is 15.7. The first-order valence-electron chi connectivity index (χ1n) is 11.1. The average Bonchev–Trinajstić information content (AvgIpc) is 2.81. The van der Waals surface area contributed by atoms with Gasteiger partial charge in [-0.25, -0.2) is 8.42 Å². The van der Waals surface area contributed by atoms with Gasteiger partial charge in [0.15, 0.2) is 5.79 Å². The Kier molecular flexibility index (Phi) is 7.26. The Bertz CT molecular complexity index is 1070. The second-order valence-electron chi connectivity index (χ2n) is 8.63. The van der Waals surface area contributed by atoms with Crippen LogP contribution in [0.2, 0.25) is 0 Å². The highest BCUT2D eigenvalue weighted by Gasteiger charge is 2.45. The van der Waals surface area contributed by atoms with Gasteiger partial charge in [-0.3, -0.25) is 4.79 Å². The van der Waals surface area contributed by atoms with Crippen LogP contribution in [0.25, 0.3) is 11.1 Å². The van der Waals surface area contributed by atoms with Gasteiger partial charge in [-0.15, -0.1) is 0 Å². The normalized spacial score (nSPS) is 20.1. The van der Waals surface area contributed by atoms with E-state index in [1.807, 2.05) is 24.3 Å². The standard InChI is InChI=1S/C24H28BrNO6S/c1-26(22(23(27)28)19-11-13-24(14-12-19)31-15-2-16-32-24)33(29,30)21-9-5-18(6-10-21)17-3-7-20(25)8-4-17/h3-10,19,22H,2,11-16H2,1H3,(H,27,28). The lowest BCUT2D eigenvalue weighted by molar-refractivity contribution is -0.283. The van der Waals surface area contributed by atoms with Crippen molar-refractivity contribution in [2.75, 3.05) is 20.3 Å². The van der Waals surface area contributed by atoms with Crippen LogP contribution in [0.15, 0.2) is 57.9 Å². The van der Waals surface area contributed by atoms with Crippen LogP contribution in [0.1, 0.15) is 32.1 Å². The van der Waals surface area contributed by atoms with E-state index in [-0.39, 0.29) is 10.8 Å². The number of hydrogen-bond donors (Lipinski definition) is 1. The molecule has 2 aromatic rings. The average molecular weight is 538 g/mol. The molecule has 0 bridgehead atoms. The van der Waals surface area contributed by atoms with Gasteiger partial charge in [0.25, 0.3) is 0 Å². The molecular weight excluding hydrogens is 510 g/mol. The maximum absolute atomic E-state index is 13.3. The SMILES string of the molecule is CN(C(C(=O)O)C1CCC2(CC1)OCCCO2)S(=O)(=O)c1ccc(-c2ccc(Br)cc2)cc1. The minimum absolute atomic E-state index is 0.0725. The summed E-state index contributed by atoms with van der Waals surface area (Å²) in [6.07, 6.45) is 3.04. The van der Waals surface area contributed by atoms with E-state index in [1.54, 1.807) is 12.1 Å². The van der Waals surface area contributed by atoms with Crippen molar-refractivity contribution in [3.05, 3.63) is 53.0 Å². The van der Waals surface area contributed by atoms with Gasteiger partial charge in [-0.1, -0.05) is 40.2 Å². The molecular formula is C24H28BrNO6S. The summed E-state index contributed by atoms with van der Waals surface area (Å²) < 4.78 is 40.3. The Morgan fingerprint density at radius 3 is 2.06 bits per heavy atom. The van der Waals surface area contributed by atoms with Crippen molar-refractivity contribution in [3.8, 4) is 11.1 Å². The largest absolute Gasteiger partial charge is 0.480 e. The zero-order chi connectivity index (χ0) is 23.6. The summed E-state index contributed by atoms with van der Waals surface area (Å²) in [5.74, 6) is -2.10. The summed E-state index contributed by atoms with van der Waals surface area (Å²) in [7, 11) is -2.63. The number of carboxylic acid groups (broad SMARTS) is 1. The molecule has 1 heterocycles. The predicted molar refractivity (Wildman–Crippen MR) is 127 cm³/mol. The van der Waals surface area contributed by atoms with Gasteiger partial charge in [0.2, 0.25) is 10.0 Å². The van der Waals surface area contributed by atoms with Crippen LogP contribution in [0, 0.1) is 5.92 Å². The Morgan fingerprint density at radius 2 is 1.55 bits per heavy atom. The first kappa shape index (κ1) is 24.3. The number of benzene rings is 2. The van der Waals surface area contributed by atoms with Crippen molar-refractivity contribution in [1.29, 1.82) is 0 Å². The molecule has 1 aliphatic carbocycles. The molecule has 2 fully saturated rings. The molecule has 1 N–H and O–H groups in total. The second-order valence-corrected chi connectivity index (χ2v) is 11.5. The minimum Gasteiger partial charge on any atom is -0.480 e. The number of nitrogens with zero attached hydrogens (tertiary/aromatic N) is 1. The fourth-order valence-electron chi connectivity index (χ4n) is 4.73. The Labute approximate surface area is 202 Å². The molecule has 1 saturated carbocycles. The van der Waals surface area contributed by atoms with Crippen LogP contribution in [-0.4, -0.2) is 55.9 Å². The monoisotopic (exact) mass is 537 g/mol. The molecule has 1 aliphatic heterocycles. The fourth-order valence-corrected chi connectivity index (χ4v) is 6.37. The molecule has 178 valence electrons. The van der Waals surface area contributed by atoms with Crippen LogP contribution in [0.5, 0.6) is 0 Å². The van der Waals surface area contributed by atoms with Crippen LogP contribution >= 0.6 is 15.9 Å². The highest BCUT2D eigenvalue weighted by atomic mass is 79.9. The third-order valence-electron chi connectivity index (χ3n) is 6.61. The van der Waals surface area contributed by atoms with Crippen LogP contribution < -0.4 is 0 Å². The summed E-state index contributed by atoms with van der Waals surface area (Å²) in [6, 6.07) is 13.1. The molecule has 2 aromatic carbocycles. The predicted octanol–water partition coefficient (Wildman–Crippen LogP) is 4.51. The van der Waals surface area contributed by atoms with E-state index < -0.39 is 27.8 Å². The first-order valence-corrected chi connectivity index (χ1v) is 13.3. The van der Waals surface area contributed by atoms with E-state index >= 15 is 0 Å². The number of carbonyl (C=O) groups is 1. The van der Waals surface area contributed by atoms with Gasteiger partial charge in [-0.05, 0) is 60.6 Å². The molecule has 7 nitrogen and oxygen atoms in total. The highest BCUT2D eigenvalue weighted by molar-refractivity contribution is 9.10. The van der Waals surface area contributed by atoms with Crippen LogP contribution in [0.3, 0.4) is 0 Å². The lowest BCUT2D eigenvalue weighted by atomic mass is 9.80. The molecule has 0 radical (unpaired) electrons. The zero-order valence-electron chi connectivity index (χ0n) is 18.4. The number of sulfonamides is 1. The summed E-state index contributed by atoms with van der Waals surface area (Å²) in [5, 5.41) is 9.95. The van der Waals surface area contributed by atoms with Gasteiger partial charge < -0.3 is 14.6 Å². The summed E-state index contributed by atoms with van der Waals surface area (Å²) in [5.41, 5.74) is 1.84. The maximum Gasteiger partial charge on any atom is 0.322 e. The number of rotatable bonds is 6. The quantitative estimate of drug-likeness (QED) is 0.582. The van der Waals surface area contributed by atoms with E-state index in [0.717, 1.165) is 26.3 Å². The molecule has 1 saturated heterocycles. The van der Waals surface area contributed by atoms with Crippen molar-refractivity contribution in [3.63, 3.8) is 0 Å². The fraction of sp³-hybridized carbons (Fsp3) is 0.458. The third kappa shape index (κ3) is 5.17. The Hall–Kier alpha value is -1.78. The number of hydrogen-bond acceptors (Lipinski definition) is 5. The minimum atomic E-state index is -3.99. The number of likely N-dealkylation sites (N-methyl/N-ethyl adjacent to an activating group) is 1. The van der Waals surface area contributed by atoms with Crippen molar-refractivity contribution in [1.82, 2.24) is 4.31 Å². The number of ether oxygens (including phenoxy) is 2. The molecule has 1 spiro atoms. The van der Waals surface area contributed by atoms with E-state index in [4.69, 9.17) is 9.47 Å². The van der Waals surface area contributed by atoms with Crippen molar-refractivity contribution in [2.45, 2.75) is 48.8 Å². The summed E-state index contributed by atoms with van der Waals surface area (Å²) >= 11 is 3.40.